The highest BCUT2D eigenvalue weighted by Gasteiger charge is 2.19. The first-order chi connectivity index (χ1) is 8.60. The van der Waals surface area contributed by atoms with Crippen LogP contribution in [-0.4, -0.2) is 47.1 Å². The molecule has 0 N–H and O–H groups in total. The molecule has 0 fully saturated rings. The summed E-state index contributed by atoms with van der Waals surface area (Å²) in [5.41, 5.74) is 0.734. The number of nitrogens with zero attached hydrogens (tertiary/aromatic N) is 3. The number of hydrogen-bond acceptors (Lipinski definition) is 6. The molecular weight excluding hydrogens is 254 g/mol. The van der Waals surface area contributed by atoms with Gasteiger partial charge in [-0.25, -0.2) is 0 Å². The van der Waals surface area contributed by atoms with Crippen LogP contribution >= 0.6 is 11.5 Å². The number of ether oxygens (including phenoxy) is 1. The highest BCUT2D eigenvalue weighted by molar-refractivity contribution is 7.07. The Morgan fingerprint density at radius 2 is 2.17 bits per heavy atom. The third-order valence-electron chi connectivity index (χ3n) is 2.46. The van der Waals surface area contributed by atoms with Crippen molar-refractivity contribution < 1.29 is 14.3 Å². The zero-order chi connectivity index (χ0) is 13.5. The van der Waals surface area contributed by atoms with Crippen LogP contribution in [-0.2, 0) is 16.0 Å². The number of carbonyl (C=O) groups is 2. The second-order valence-electron chi connectivity index (χ2n) is 3.85. The monoisotopic (exact) mass is 271 g/mol. The van der Waals surface area contributed by atoms with Gasteiger partial charge in [-0.2, -0.15) is 0 Å². The fraction of sp³-hybridized carbons (Fsp3) is 0.636. The van der Waals surface area contributed by atoms with Gasteiger partial charge >= 0.3 is 5.97 Å². The van der Waals surface area contributed by atoms with Gasteiger partial charge in [-0.1, -0.05) is 17.8 Å². The molecule has 0 aromatic carbocycles. The number of aryl methyl sites for hydroxylation is 1. The summed E-state index contributed by atoms with van der Waals surface area (Å²) in [5.74, 6) is -0.469. The van der Waals surface area contributed by atoms with E-state index < -0.39 is 0 Å². The molecule has 0 atom stereocenters. The standard InChI is InChI=1S/C11H17N3O3S/c1-4-5-8-10(18-13-12-8)11(16)14(2)7-6-9(15)17-3/h4-7H2,1-3H3. The summed E-state index contributed by atoms with van der Waals surface area (Å²) < 4.78 is 8.34. The predicted molar refractivity (Wildman–Crippen MR) is 67.5 cm³/mol. The van der Waals surface area contributed by atoms with E-state index in [4.69, 9.17) is 0 Å². The normalized spacial score (nSPS) is 10.2. The molecule has 0 aliphatic carbocycles. The lowest BCUT2D eigenvalue weighted by Crippen LogP contribution is -2.29. The second-order valence-corrected chi connectivity index (χ2v) is 4.61. The lowest BCUT2D eigenvalue weighted by Gasteiger charge is -2.15. The number of carbonyl (C=O) groups excluding carboxylic acids is 2. The van der Waals surface area contributed by atoms with E-state index in [1.54, 1.807) is 7.05 Å². The molecular formula is C11H17N3O3S. The van der Waals surface area contributed by atoms with Gasteiger partial charge in [0.05, 0.1) is 19.2 Å². The third-order valence-corrected chi connectivity index (χ3v) is 3.22. The van der Waals surface area contributed by atoms with Gasteiger partial charge in [-0.05, 0) is 18.0 Å². The van der Waals surface area contributed by atoms with Crippen molar-refractivity contribution >= 4 is 23.4 Å². The summed E-state index contributed by atoms with van der Waals surface area (Å²) in [6.07, 6.45) is 1.84. The van der Waals surface area contributed by atoms with Crippen molar-refractivity contribution in [3.05, 3.63) is 10.6 Å². The number of rotatable bonds is 6. The Hall–Kier alpha value is -1.50. The molecule has 6 nitrogen and oxygen atoms in total. The average Bonchev–Trinajstić information content (AvgIpc) is 2.83. The maximum atomic E-state index is 12.1. The molecule has 1 amide bonds. The van der Waals surface area contributed by atoms with Crippen LogP contribution < -0.4 is 0 Å². The topological polar surface area (TPSA) is 72.4 Å². The maximum absolute atomic E-state index is 12.1. The van der Waals surface area contributed by atoms with Crippen LogP contribution in [0, 0.1) is 0 Å². The molecule has 0 unspecified atom stereocenters. The Labute approximate surface area is 110 Å². The van der Waals surface area contributed by atoms with Crippen LogP contribution in [0.3, 0.4) is 0 Å². The van der Waals surface area contributed by atoms with Crippen LogP contribution in [0.25, 0.3) is 0 Å². The minimum absolute atomic E-state index is 0.141. The fourth-order valence-electron chi connectivity index (χ4n) is 1.41. The van der Waals surface area contributed by atoms with E-state index in [-0.39, 0.29) is 18.3 Å². The highest BCUT2D eigenvalue weighted by Crippen LogP contribution is 2.14. The van der Waals surface area contributed by atoms with Crippen LogP contribution in [0.2, 0.25) is 0 Å². The molecule has 1 heterocycles. The highest BCUT2D eigenvalue weighted by atomic mass is 32.1. The zero-order valence-electron chi connectivity index (χ0n) is 10.8. The minimum Gasteiger partial charge on any atom is -0.469 e. The Kier molecular flexibility index (Phi) is 5.70. The first-order valence-electron chi connectivity index (χ1n) is 5.73. The van der Waals surface area contributed by atoms with Gasteiger partial charge in [0.25, 0.3) is 5.91 Å². The Morgan fingerprint density at radius 3 is 2.78 bits per heavy atom. The van der Waals surface area contributed by atoms with E-state index in [0.29, 0.717) is 11.4 Å². The third kappa shape index (κ3) is 3.76. The molecule has 0 aliphatic heterocycles. The van der Waals surface area contributed by atoms with Crippen LogP contribution in [0.1, 0.15) is 35.1 Å². The summed E-state index contributed by atoms with van der Waals surface area (Å²) in [6, 6.07) is 0. The van der Waals surface area contributed by atoms with Crippen LogP contribution in [0.4, 0.5) is 0 Å². The fourth-order valence-corrected chi connectivity index (χ4v) is 2.11. The van der Waals surface area contributed by atoms with E-state index in [2.05, 4.69) is 14.3 Å². The van der Waals surface area contributed by atoms with Crippen molar-refractivity contribution in [3.8, 4) is 0 Å². The molecule has 1 aromatic heterocycles. The molecule has 0 saturated carbocycles. The largest absolute Gasteiger partial charge is 0.469 e. The van der Waals surface area contributed by atoms with Gasteiger partial charge < -0.3 is 9.64 Å². The van der Waals surface area contributed by atoms with Gasteiger partial charge in [0.15, 0.2) is 0 Å². The van der Waals surface area contributed by atoms with Crippen molar-refractivity contribution in [3.63, 3.8) is 0 Å². The Morgan fingerprint density at radius 1 is 1.44 bits per heavy atom. The molecule has 7 heteroatoms. The van der Waals surface area contributed by atoms with Crippen molar-refractivity contribution in [2.24, 2.45) is 0 Å². The van der Waals surface area contributed by atoms with E-state index in [9.17, 15) is 9.59 Å². The summed E-state index contributed by atoms with van der Waals surface area (Å²) >= 11 is 1.10. The van der Waals surface area contributed by atoms with Crippen molar-refractivity contribution in [1.82, 2.24) is 14.5 Å². The first kappa shape index (κ1) is 14.6. The predicted octanol–water partition coefficient (Wildman–Crippen LogP) is 1.13. The molecule has 0 saturated heterocycles. The molecule has 1 aromatic rings. The molecule has 100 valence electrons. The smallest absolute Gasteiger partial charge is 0.307 e. The first-order valence-corrected chi connectivity index (χ1v) is 6.51. The summed E-state index contributed by atoms with van der Waals surface area (Å²) in [4.78, 5) is 25.2. The number of hydrogen-bond donors (Lipinski definition) is 0. The number of amides is 1. The van der Waals surface area contributed by atoms with Gasteiger partial charge in [0.2, 0.25) is 0 Å². The van der Waals surface area contributed by atoms with E-state index in [1.807, 2.05) is 6.92 Å². The molecule has 18 heavy (non-hydrogen) atoms. The number of esters is 1. The average molecular weight is 271 g/mol. The number of methoxy groups -OCH3 is 1. The maximum Gasteiger partial charge on any atom is 0.307 e. The summed E-state index contributed by atoms with van der Waals surface area (Å²) in [5, 5.41) is 3.95. The second kappa shape index (κ2) is 7.05. The molecule has 0 aliphatic rings. The molecule has 1 rings (SSSR count). The van der Waals surface area contributed by atoms with Gasteiger partial charge in [0, 0.05) is 13.6 Å². The number of aromatic nitrogens is 2. The van der Waals surface area contributed by atoms with Crippen LogP contribution in [0.15, 0.2) is 0 Å². The molecule has 0 bridgehead atoms. The van der Waals surface area contributed by atoms with Crippen molar-refractivity contribution in [1.29, 1.82) is 0 Å². The minimum atomic E-state index is -0.328. The van der Waals surface area contributed by atoms with E-state index in [1.165, 1.54) is 12.0 Å². The lowest BCUT2D eigenvalue weighted by atomic mass is 10.2. The van der Waals surface area contributed by atoms with Gasteiger partial charge in [0.1, 0.15) is 4.88 Å². The molecule has 0 spiro atoms. The van der Waals surface area contributed by atoms with E-state index in [0.717, 1.165) is 30.1 Å². The SMILES string of the molecule is CCCc1nnsc1C(=O)N(C)CCC(=O)OC. The molecule has 0 radical (unpaired) electrons. The zero-order valence-corrected chi connectivity index (χ0v) is 11.6. The van der Waals surface area contributed by atoms with Gasteiger partial charge in [-0.15, -0.1) is 5.10 Å². The van der Waals surface area contributed by atoms with E-state index >= 15 is 0 Å². The van der Waals surface area contributed by atoms with Gasteiger partial charge in [-0.3, -0.25) is 9.59 Å². The summed E-state index contributed by atoms with van der Waals surface area (Å²) in [7, 11) is 2.98. The van der Waals surface area contributed by atoms with Crippen molar-refractivity contribution in [2.75, 3.05) is 20.7 Å². The quantitative estimate of drug-likeness (QED) is 0.725. The lowest BCUT2D eigenvalue weighted by molar-refractivity contribution is -0.140. The Bertz CT molecular complexity index is 419. The van der Waals surface area contributed by atoms with Crippen molar-refractivity contribution in [2.45, 2.75) is 26.2 Å². The Balaban J connectivity index is 2.62. The van der Waals surface area contributed by atoms with Crippen LogP contribution in [0.5, 0.6) is 0 Å². The summed E-state index contributed by atoms with van der Waals surface area (Å²) in [6.45, 7) is 2.35.